The first kappa shape index (κ1) is 13.4. The molecule has 0 heterocycles. The van der Waals surface area contributed by atoms with Crippen molar-refractivity contribution in [3.05, 3.63) is 0 Å². The van der Waals surface area contributed by atoms with Crippen LogP contribution in [0.4, 0.5) is 0 Å². The standard InChI is InChI=1S/C10H22N2O2/c1-9(11)6-7-12(2)10(13)5-4-8-14-3/h9H,4-8,11H2,1-3H3. The number of hydrogen-bond donors (Lipinski definition) is 1. The summed E-state index contributed by atoms with van der Waals surface area (Å²) in [5, 5.41) is 0. The van der Waals surface area contributed by atoms with Gasteiger partial charge in [0, 0.05) is 39.8 Å². The van der Waals surface area contributed by atoms with Crippen molar-refractivity contribution in [1.82, 2.24) is 4.90 Å². The fraction of sp³-hybridized carbons (Fsp3) is 0.900. The molecule has 0 fully saturated rings. The molecule has 0 aromatic rings. The molecule has 1 atom stereocenters. The highest BCUT2D eigenvalue weighted by Gasteiger charge is 2.08. The minimum absolute atomic E-state index is 0.157. The van der Waals surface area contributed by atoms with Crippen molar-refractivity contribution in [2.24, 2.45) is 5.73 Å². The average Bonchev–Trinajstić information content (AvgIpc) is 2.14. The first-order valence-corrected chi connectivity index (χ1v) is 5.06. The largest absolute Gasteiger partial charge is 0.385 e. The molecule has 4 nitrogen and oxygen atoms in total. The number of nitrogens with two attached hydrogens (primary N) is 1. The molecule has 0 bridgehead atoms. The van der Waals surface area contributed by atoms with Crippen LogP contribution in [0.1, 0.15) is 26.2 Å². The van der Waals surface area contributed by atoms with E-state index in [2.05, 4.69) is 0 Å². The van der Waals surface area contributed by atoms with Gasteiger partial charge < -0.3 is 15.4 Å². The van der Waals surface area contributed by atoms with Crippen LogP contribution < -0.4 is 5.73 Å². The molecule has 2 N–H and O–H groups in total. The van der Waals surface area contributed by atoms with Gasteiger partial charge in [0.1, 0.15) is 0 Å². The zero-order valence-corrected chi connectivity index (χ0v) is 9.45. The van der Waals surface area contributed by atoms with E-state index >= 15 is 0 Å². The Morgan fingerprint density at radius 1 is 1.57 bits per heavy atom. The molecule has 0 aromatic carbocycles. The number of ether oxygens (including phenoxy) is 1. The Hall–Kier alpha value is -0.610. The van der Waals surface area contributed by atoms with Crippen LogP contribution in [0.15, 0.2) is 0 Å². The maximum Gasteiger partial charge on any atom is 0.222 e. The van der Waals surface area contributed by atoms with Crippen LogP contribution in [0.25, 0.3) is 0 Å². The van der Waals surface area contributed by atoms with Gasteiger partial charge in [-0.2, -0.15) is 0 Å². The molecule has 0 radical (unpaired) electrons. The summed E-state index contributed by atoms with van der Waals surface area (Å²) < 4.78 is 4.88. The second kappa shape index (κ2) is 7.76. The lowest BCUT2D eigenvalue weighted by Crippen LogP contribution is -2.31. The molecule has 14 heavy (non-hydrogen) atoms. The highest BCUT2D eigenvalue weighted by molar-refractivity contribution is 5.75. The highest BCUT2D eigenvalue weighted by Crippen LogP contribution is 1.98. The monoisotopic (exact) mass is 202 g/mol. The van der Waals surface area contributed by atoms with Crippen molar-refractivity contribution >= 4 is 5.91 Å². The summed E-state index contributed by atoms with van der Waals surface area (Å²) in [5.41, 5.74) is 5.60. The van der Waals surface area contributed by atoms with Gasteiger partial charge in [-0.05, 0) is 19.8 Å². The lowest BCUT2D eigenvalue weighted by molar-refractivity contribution is -0.130. The number of carbonyl (C=O) groups excluding carboxylic acids is 1. The SMILES string of the molecule is COCCCC(=O)N(C)CCC(C)N. The van der Waals surface area contributed by atoms with Crippen molar-refractivity contribution in [1.29, 1.82) is 0 Å². The van der Waals surface area contributed by atoms with Crippen LogP contribution in [-0.4, -0.2) is 44.2 Å². The average molecular weight is 202 g/mol. The fourth-order valence-corrected chi connectivity index (χ4v) is 1.08. The van der Waals surface area contributed by atoms with E-state index in [1.165, 1.54) is 0 Å². The highest BCUT2D eigenvalue weighted by atomic mass is 16.5. The normalized spacial score (nSPS) is 12.6. The second-order valence-electron chi connectivity index (χ2n) is 3.68. The second-order valence-corrected chi connectivity index (χ2v) is 3.68. The molecular formula is C10H22N2O2. The molecule has 1 unspecified atom stereocenters. The van der Waals surface area contributed by atoms with E-state index in [-0.39, 0.29) is 11.9 Å². The van der Waals surface area contributed by atoms with Crippen molar-refractivity contribution in [3.63, 3.8) is 0 Å². The van der Waals surface area contributed by atoms with E-state index in [9.17, 15) is 4.79 Å². The van der Waals surface area contributed by atoms with Gasteiger partial charge in [-0.25, -0.2) is 0 Å². The van der Waals surface area contributed by atoms with E-state index in [0.717, 1.165) is 19.4 Å². The molecule has 1 amide bonds. The van der Waals surface area contributed by atoms with Crippen LogP contribution in [0.2, 0.25) is 0 Å². The van der Waals surface area contributed by atoms with Crippen molar-refractivity contribution in [2.45, 2.75) is 32.2 Å². The number of rotatable bonds is 7. The number of carbonyl (C=O) groups is 1. The lowest BCUT2D eigenvalue weighted by atomic mass is 10.2. The Kier molecular flexibility index (Phi) is 7.42. The molecule has 0 saturated carbocycles. The number of methoxy groups -OCH3 is 1. The van der Waals surface area contributed by atoms with Crippen molar-refractivity contribution in [2.75, 3.05) is 27.3 Å². The summed E-state index contributed by atoms with van der Waals surface area (Å²) in [6.45, 7) is 3.33. The Morgan fingerprint density at radius 3 is 2.71 bits per heavy atom. The minimum Gasteiger partial charge on any atom is -0.385 e. The van der Waals surface area contributed by atoms with Crippen LogP contribution in [-0.2, 0) is 9.53 Å². The zero-order valence-electron chi connectivity index (χ0n) is 9.45. The van der Waals surface area contributed by atoms with E-state index in [1.54, 1.807) is 12.0 Å². The van der Waals surface area contributed by atoms with Gasteiger partial charge in [0.25, 0.3) is 0 Å². The number of nitrogens with zero attached hydrogens (tertiary/aromatic N) is 1. The van der Waals surface area contributed by atoms with Crippen LogP contribution >= 0.6 is 0 Å². The molecule has 4 heteroatoms. The first-order chi connectivity index (χ1) is 6.57. The molecule has 0 aliphatic heterocycles. The van der Waals surface area contributed by atoms with E-state index in [4.69, 9.17) is 10.5 Å². The molecule has 0 spiro atoms. The van der Waals surface area contributed by atoms with Gasteiger partial charge in [0.05, 0.1) is 0 Å². The molecule has 0 rings (SSSR count). The minimum atomic E-state index is 0.157. The molecule has 84 valence electrons. The van der Waals surface area contributed by atoms with Gasteiger partial charge >= 0.3 is 0 Å². The molecule has 0 saturated heterocycles. The summed E-state index contributed by atoms with van der Waals surface area (Å²) in [6, 6.07) is 0.157. The van der Waals surface area contributed by atoms with E-state index in [0.29, 0.717) is 13.0 Å². The lowest BCUT2D eigenvalue weighted by Gasteiger charge is -2.18. The predicted molar refractivity (Wildman–Crippen MR) is 57.0 cm³/mol. The maximum absolute atomic E-state index is 11.5. The quantitative estimate of drug-likeness (QED) is 0.615. The third-order valence-corrected chi connectivity index (χ3v) is 2.08. The van der Waals surface area contributed by atoms with E-state index in [1.807, 2.05) is 14.0 Å². The third kappa shape index (κ3) is 6.86. The van der Waals surface area contributed by atoms with Crippen LogP contribution in [0, 0.1) is 0 Å². The molecule has 0 aromatic heterocycles. The van der Waals surface area contributed by atoms with Crippen LogP contribution in [0.5, 0.6) is 0 Å². The Balaban J connectivity index is 3.54. The van der Waals surface area contributed by atoms with Gasteiger partial charge in [-0.3, -0.25) is 4.79 Å². The summed E-state index contributed by atoms with van der Waals surface area (Å²) in [5.74, 6) is 0.169. The first-order valence-electron chi connectivity index (χ1n) is 5.06. The summed E-state index contributed by atoms with van der Waals surface area (Å²) in [7, 11) is 3.46. The summed E-state index contributed by atoms with van der Waals surface area (Å²) in [6.07, 6.45) is 2.20. The van der Waals surface area contributed by atoms with Gasteiger partial charge in [-0.15, -0.1) is 0 Å². The Labute approximate surface area is 86.4 Å². The molecular weight excluding hydrogens is 180 g/mol. The number of hydrogen-bond acceptors (Lipinski definition) is 3. The Morgan fingerprint density at radius 2 is 2.21 bits per heavy atom. The van der Waals surface area contributed by atoms with E-state index < -0.39 is 0 Å². The van der Waals surface area contributed by atoms with Crippen molar-refractivity contribution < 1.29 is 9.53 Å². The van der Waals surface area contributed by atoms with Crippen molar-refractivity contribution in [3.8, 4) is 0 Å². The summed E-state index contributed by atoms with van der Waals surface area (Å²) in [4.78, 5) is 13.2. The van der Waals surface area contributed by atoms with Gasteiger partial charge in [-0.1, -0.05) is 0 Å². The number of amides is 1. The van der Waals surface area contributed by atoms with Crippen LogP contribution in [0.3, 0.4) is 0 Å². The van der Waals surface area contributed by atoms with Gasteiger partial charge in [0.15, 0.2) is 0 Å². The predicted octanol–water partition coefficient (Wildman–Crippen LogP) is 0.609. The maximum atomic E-state index is 11.5. The summed E-state index contributed by atoms with van der Waals surface area (Å²) >= 11 is 0. The topological polar surface area (TPSA) is 55.6 Å². The van der Waals surface area contributed by atoms with Gasteiger partial charge in [0.2, 0.25) is 5.91 Å². The molecule has 0 aliphatic carbocycles. The molecule has 0 aliphatic rings. The third-order valence-electron chi connectivity index (χ3n) is 2.08. The zero-order chi connectivity index (χ0) is 11.0. The fourth-order valence-electron chi connectivity index (χ4n) is 1.08. The smallest absolute Gasteiger partial charge is 0.222 e. The Bertz CT molecular complexity index is 160.